The van der Waals surface area contributed by atoms with Crippen LogP contribution in [0.15, 0.2) is 54.6 Å². The molecule has 34 heavy (non-hydrogen) atoms. The summed E-state index contributed by atoms with van der Waals surface area (Å²) in [5.41, 5.74) is 1.50. The van der Waals surface area contributed by atoms with Gasteiger partial charge in [0.05, 0.1) is 17.2 Å². The third-order valence-corrected chi connectivity index (χ3v) is 7.72. The van der Waals surface area contributed by atoms with Crippen molar-refractivity contribution >= 4 is 18.7 Å². The van der Waals surface area contributed by atoms with Gasteiger partial charge in [-0.25, -0.2) is 4.79 Å². The number of aliphatic hydroxyl groups excluding tert-OH is 1. The topological polar surface area (TPSA) is 68.2 Å². The first-order valence-corrected chi connectivity index (χ1v) is 12.2. The molecule has 7 heteroatoms. The molecule has 2 heterocycles. The van der Waals surface area contributed by atoms with Crippen molar-refractivity contribution in [3.05, 3.63) is 65.7 Å². The van der Waals surface area contributed by atoms with Crippen molar-refractivity contribution in [3.8, 4) is 0 Å². The molecule has 182 valence electrons. The summed E-state index contributed by atoms with van der Waals surface area (Å²) in [6, 6.07) is 17.8. The number of hydrogen-bond acceptors (Lipinski definition) is 5. The Morgan fingerprint density at radius 1 is 1.00 bits per heavy atom. The van der Waals surface area contributed by atoms with Gasteiger partial charge in [0, 0.05) is 19.6 Å². The SMILES string of the molecule is C[C@@H](c1ccc(B2OC(C)(C)C(C)(C)O2)cc1)N1CCC(CCCO)(c2ccccc2)OC1=O. The molecule has 0 saturated carbocycles. The van der Waals surface area contributed by atoms with E-state index in [1.165, 1.54) is 0 Å². The van der Waals surface area contributed by atoms with Crippen LogP contribution in [-0.4, -0.2) is 47.6 Å². The third kappa shape index (κ3) is 4.61. The second-order valence-electron chi connectivity index (χ2n) is 10.4. The average molecular weight is 465 g/mol. The Bertz CT molecular complexity index is 978. The van der Waals surface area contributed by atoms with E-state index in [0.717, 1.165) is 16.6 Å². The lowest BCUT2D eigenvalue weighted by molar-refractivity contribution is -0.0680. The number of ether oxygens (including phenoxy) is 1. The molecule has 2 fully saturated rings. The molecule has 4 rings (SSSR count). The molecule has 0 radical (unpaired) electrons. The molecule has 2 aliphatic heterocycles. The highest BCUT2D eigenvalue weighted by molar-refractivity contribution is 6.62. The fourth-order valence-corrected chi connectivity index (χ4v) is 4.74. The van der Waals surface area contributed by atoms with Crippen LogP contribution >= 0.6 is 0 Å². The van der Waals surface area contributed by atoms with Crippen molar-refractivity contribution in [2.45, 2.75) is 76.7 Å². The Labute approximate surface area is 203 Å². The lowest BCUT2D eigenvalue weighted by Gasteiger charge is -2.43. The lowest BCUT2D eigenvalue weighted by Crippen LogP contribution is -2.48. The number of rotatable bonds is 7. The smallest absolute Gasteiger partial charge is 0.438 e. The number of amides is 1. The minimum Gasteiger partial charge on any atom is -0.438 e. The zero-order chi connectivity index (χ0) is 24.6. The van der Waals surface area contributed by atoms with Gasteiger partial charge in [0.15, 0.2) is 0 Å². The van der Waals surface area contributed by atoms with Crippen LogP contribution in [0.4, 0.5) is 4.79 Å². The number of cyclic esters (lactones) is 1. The van der Waals surface area contributed by atoms with E-state index < -0.39 is 12.7 Å². The van der Waals surface area contributed by atoms with Gasteiger partial charge in [0.25, 0.3) is 0 Å². The zero-order valence-electron chi connectivity index (χ0n) is 20.9. The van der Waals surface area contributed by atoms with Crippen molar-refractivity contribution in [1.29, 1.82) is 0 Å². The molecule has 1 amide bonds. The number of carbonyl (C=O) groups excluding carboxylic acids is 1. The third-order valence-electron chi connectivity index (χ3n) is 7.72. The zero-order valence-corrected chi connectivity index (χ0v) is 20.9. The summed E-state index contributed by atoms with van der Waals surface area (Å²) in [5, 5.41) is 9.40. The maximum absolute atomic E-state index is 13.2. The summed E-state index contributed by atoms with van der Waals surface area (Å²) in [7, 11) is -0.410. The van der Waals surface area contributed by atoms with Crippen molar-refractivity contribution in [2.24, 2.45) is 0 Å². The van der Waals surface area contributed by atoms with Crippen LogP contribution in [0, 0.1) is 0 Å². The first-order valence-electron chi connectivity index (χ1n) is 12.2. The first-order chi connectivity index (χ1) is 16.1. The molecule has 0 aliphatic carbocycles. The van der Waals surface area contributed by atoms with Gasteiger partial charge in [-0.15, -0.1) is 0 Å². The van der Waals surface area contributed by atoms with Gasteiger partial charge in [0.2, 0.25) is 0 Å². The highest BCUT2D eigenvalue weighted by Crippen LogP contribution is 2.40. The van der Waals surface area contributed by atoms with E-state index in [1.54, 1.807) is 4.90 Å². The average Bonchev–Trinajstić information content (AvgIpc) is 3.05. The molecule has 2 aliphatic rings. The normalized spacial score (nSPS) is 24.7. The number of hydrogen-bond donors (Lipinski definition) is 1. The van der Waals surface area contributed by atoms with Crippen LogP contribution in [-0.2, 0) is 19.6 Å². The van der Waals surface area contributed by atoms with Gasteiger partial charge >= 0.3 is 13.2 Å². The molecule has 1 N–H and O–H groups in total. The summed E-state index contributed by atoms with van der Waals surface area (Å²) in [4.78, 5) is 15.0. The highest BCUT2D eigenvalue weighted by atomic mass is 16.7. The molecule has 2 saturated heterocycles. The van der Waals surface area contributed by atoms with Crippen LogP contribution in [0.5, 0.6) is 0 Å². The fraction of sp³-hybridized carbons (Fsp3) is 0.519. The lowest BCUT2D eigenvalue weighted by atomic mass is 9.78. The van der Waals surface area contributed by atoms with Gasteiger partial charge in [-0.2, -0.15) is 0 Å². The Morgan fingerprint density at radius 2 is 1.62 bits per heavy atom. The molecular formula is C27H36BNO5. The van der Waals surface area contributed by atoms with Gasteiger partial charge in [-0.05, 0) is 64.1 Å². The molecular weight excluding hydrogens is 429 g/mol. The van der Waals surface area contributed by atoms with Crippen molar-refractivity contribution < 1.29 is 23.9 Å². The quantitative estimate of drug-likeness (QED) is 0.608. The van der Waals surface area contributed by atoms with Crippen molar-refractivity contribution in [3.63, 3.8) is 0 Å². The van der Waals surface area contributed by atoms with Crippen LogP contribution < -0.4 is 5.46 Å². The molecule has 0 bridgehead atoms. The Morgan fingerprint density at radius 3 is 2.18 bits per heavy atom. The van der Waals surface area contributed by atoms with Crippen LogP contribution in [0.25, 0.3) is 0 Å². The van der Waals surface area contributed by atoms with Gasteiger partial charge in [-0.3, -0.25) is 0 Å². The van der Waals surface area contributed by atoms with Gasteiger partial charge in [0.1, 0.15) is 5.60 Å². The molecule has 0 spiro atoms. The highest BCUT2D eigenvalue weighted by Gasteiger charge is 2.51. The van der Waals surface area contributed by atoms with E-state index in [4.69, 9.17) is 14.0 Å². The van der Waals surface area contributed by atoms with Crippen LogP contribution in [0.1, 0.15) is 71.0 Å². The van der Waals surface area contributed by atoms with Crippen molar-refractivity contribution in [2.75, 3.05) is 13.2 Å². The van der Waals surface area contributed by atoms with E-state index in [-0.39, 0.29) is 29.9 Å². The predicted molar refractivity (Wildman–Crippen MR) is 133 cm³/mol. The summed E-state index contributed by atoms with van der Waals surface area (Å²) < 4.78 is 18.4. The largest absolute Gasteiger partial charge is 0.494 e. The number of aliphatic hydroxyl groups is 1. The minimum absolute atomic E-state index is 0.0708. The second-order valence-corrected chi connectivity index (χ2v) is 10.4. The molecule has 6 nitrogen and oxygen atoms in total. The van der Waals surface area contributed by atoms with E-state index in [9.17, 15) is 9.90 Å². The number of benzene rings is 2. The Hall–Kier alpha value is -2.35. The molecule has 2 aromatic rings. The maximum Gasteiger partial charge on any atom is 0.494 e. The summed E-state index contributed by atoms with van der Waals surface area (Å²) in [5.74, 6) is 0. The number of nitrogens with zero attached hydrogens (tertiary/aromatic N) is 1. The second kappa shape index (κ2) is 9.36. The van der Waals surface area contributed by atoms with E-state index >= 15 is 0 Å². The number of carbonyl (C=O) groups is 1. The summed E-state index contributed by atoms with van der Waals surface area (Å²) >= 11 is 0. The minimum atomic E-state index is -0.697. The fourth-order valence-electron chi connectivity index (χ4n) is 4.74. The van der Waals surface area contributed by atoms with Crippen LogP contribution in [0.2, 0.25) is 0 Å². The van der Waals surface area contributed by atoms with E-state index in [1.807, 2.05) is 89.2 Å². The van der Waals surface area contributed by atoms with Gasteiger partial charge < -0.3 is 24.1 Å². The standard InChI is InChI=1S/C27H36BNO5/c1-20(21-12-14-23(15-13-21)28-33-25(2,3)26(4,5)34-28)29-18-17-27(16-9-19-30,32-24(29)31)22-10-7-6-8-11-22/h6-8,10-15,20,30H,9,16-19H2,1-5H3/t20-,27?/m0/s1. The Kier molecular flexibility index (Phi) is 6.82. The summed E-state index contributed by atoms with van der Waals surface area (Å²) in [6.45, 7) is 10.8. The van der Waals surface area contributed by atoms with E-state index in [2.05, 4.69) is 0 Å². The van der Waals surface area contributed by atoms with Crippen LogP contribution in [0.3, 0.4) is 0 Å². The first kappa shape index (κ1) is 24.8. The van der Waals surface area contributed by atoms with E-state index in [0.29, 0.717) is 25.8 Å². The predicted octanol–water partition coefficient (Wildman–Crippen LogP) is 4.56. The van der Waals surface area contributed by atoms with Crippen molar-refractivity contribution in [1.82, 2.24) is 4.90 Å². The molecule has 2 aromatic carbocycles. The molecule has 1 unspecified atom stereocenters. The Balaban J connectivity index is 1.47. The molecule has 2 atom stereocenters. The monoisotopic (exact) mass is 465 g/mol. The maximum atomic E-state index is 13.2. The summed E-state index contributed by atoms with van der Waals surface area (Å²) in [6.07, 6.45) is 1.54. The molecule has 0 aromatic heterocycles. The van der Waals surface area contributed by atoms with Gasteiger partial charge in [-0.1, -0.05) is 54.6 Å².